The van der Waals surface area contributed by atoms with E-state index in [1.807, 2.05) is 19.2 Å². The van der Waals surface area contributed by atoms with Crippen molar-refractivity contribution in [3.8, 4) is 0 Å². The Balaban J connectivity index is 2.09. The van der Waals surface area contributed by atoms with Crippen LogP contribution in [0.15, 0.2) is 18.3 Å². The molecule has 2 heterocycles. The molecule has 0 saturated carbocycles. The third-order valence-electron chi connectivity index (χ3n) is 2.90. The second-order valence-electron chi connectivity index (χ2n) is 4.41. The molecule has 0 aliphatic carbocycles. The van der Waals surface area contributed by atoms with Crippen LogP contribution in [-0.4, -0.2) is 36.8 Å². The molecule has 1 aromatic rings. The van der Waals surface area contributed by atoms with Crippen molar-refractivity contribution in [3.05, 3.63) is 23.9 Å². The molecule has 1 aliphatic rings. The van der Waals surface area contributed by atoms with Crippen LogP contribution in [0.3, 0.4) is 0 Å². The lowest BCUT2D eigenvalue weighted by atomic mass is 10.1. The molecule has 0 amide bonds. The number of pyridine rings is 1. The molecule has 2 N–H and O–H groups in total. The van der Waals surface area contributed by atoms with Gasteiger partial charge >= 0.3 is 0 Å². The van der Waals surface area contributed by atoms with Crippen LogP contribution in [-0.2, 0) is 4.74 Å². The molecule has 2 atom stereocenters. The standard InChI is InChI=1S/C12H19N3O/c1-9-3-4-14-12(7-9)15-5-6-16-11(8-15)10(2)13/h3-4,7,10-11H,5-6,8,13H2,1-2H3. The molecule has 4 nitrogen and oxygen atoms in total. The van der Waals surface area contributed by atoms with E-state index in [0.717, 1.165) is 25.5 Å². The second-order valence-corrected chi connectivity index (χ2v) is 4.41. The normalized spacial score (nSPS) is 23.2. The van der Waals surface area contributed by atoms with E-state index in [1.54, 1.807) is 0 Å². The largest absolute Gasteiger partial charge is 0.373 e. The van der Waals surface area contributed by atoms with Crippen molar-refractivity contribution in [2.75, 3.05) is 24.6 Å². The zero-order valence-corrected chi connectivity index (χ0v) is 9.89. The van der Waals surface area contributed by atoms with E-state index in [-0.39, 0.29) is 12.1 Å². The lowest BCUT2D eigenvalue weighted by Crippen LogP contribution is -2.49. The van der Waals surface area contributed by atoms with Gasteiger partial charge in [-0.15, -0.1) is 0 Å². The fourth-order valence-electron chi connectivity index (χ4n) is 1.89. The molecule has 2 rings (SSSR count). The Morgan fingerprint density at radius 1 is 1.62 bits per heavy atom. The first kappa shape index (κ1) is 11.4. The van der Waals surface area contributed by atoms with Gasteiger partial charge in [-0.25, -0.2) is 4.98 Å². The summed E-state index contributed by atoms with van der Waals surface area (Å²) in [6.07, 6.45) is 1.96. The van der Waals surface area contributed by atoms with E-state index in [0.29, 0.717) is 0 Å². The molecular weight excluding hydrogens is 202 g/mol. The highest BCUT2D eigenvalue weighted by atomic mass is 16.5. The van der Waals surface area contributed by atoms with E-state index >= 15 is 0 Å². The van der Waals surface area contributed by atoms with Crippen molar-refractivity contribution in [2.24, 2.45) is 5.73 Å². The molecule has 4 heteroatoms. The van der Waals surface area contributed by atoms with Gasteiger partial charge in [0.1, 0.15) is 5.82 Å². The van der Waals surface area contributed by atoms with Gasteiger partial charge in [-0.2, -0.15) is 0 Å². The van der Waals surface area contributed by atoms with Crippen molar-refractivity contribution in [2.45, 2.75) is 26.0 Å². The van der Waals surface area contributed by atoms with Crippen LogP contribution in [0, 0.1) is 6.92 Å². The van der Waals surface area contributed by atoms with E-state index in [2.05, 4.69) is 22.9 Å². The van der Waals surface area contributed by atoms with Crippen molar-refractivity contribution < 1.29 is 4.74 Å². The predicted octanol–water partition coefficient (Wildman–Crippen LogP) is 0.942. The molecule has 0 aromatic carbocycles. The molecule has 88 valence electrons. The molecule has 1 aromatic heterocycles. The number of morpholine rings is 1. The molecule has 0 radical (unpaired) electrons. The van der Waals surface area contributed by atoms with Crippen LogP contribution in [0.5, 0.6) is 0 Å². The van der Waals surface area contributed by atoms with Crippen LogP contribution in [0.4, 0.5) is 5.82 Å². The van der Waals surface area contributed by atoms with Gasteiger partial charge in [0.2, 0.25) is 0 Å². The lowest BCUT2D eigenvalue weighted by molar-refractivity contribution is 0.0273. The molecule has 1 saturated heterocycles. The zero-order valence-electron chi connectivity index (χ0n) is 9.89. The summed E-state index contributed by atoms with van der Waals surface area (Å²) in [7, 11) is 0. The maximum atomic E-state index is 5.87. The number of aryl methyl sites for hydroxylation is 1. The summed E-state index contributed by atoms with van der Waals surface area (Å²) in [4.78, 5) is 6.63. The Morgan fingerprint density at radius 3 is 3.12 bits per heavy atom. The number of rotatable bonds is 2. The predicted molar refractivity (Wildman–Crippen MR) is 64.6 cm³/mol. The SMILES string of the molecule is Cc1ccnc(N2CCOC(C(C)N)C2)c1. The van der Waals surface area contributed by atoms with Gasteiger partial charge < -0.3 is 15.4 Å². The molecule has 2 unspecified atom stereocenters. The first-order valence-corrected chi connectivity index (χ1v) is 5.71. The minimum absolute atomic E-state index is 0.0626. The zero-order chi connectivity index (χ0) is 11.5. The molecule has 0 bridgehead atoms. The molecule has 1 aliphatic heterocycles. The van der Waals surface area contributed by atoms with E-state index in [1.165, 1.54) is 5.56 Å². The third-order valence-corrected chi connectivity index (χ3v) is 2.90. The van der Waals surface area contributed by atoms with Gasteiger partial charge in [-0.3, -0.25) is 0 Å². The summed E-state index contributed by atoms with van der Waals surface area (Å²) in [5.41, 5.74) is 7.10. The maximum Gasteiger partial charge on any atom is 0.128 e. The summed E-state index contributed by atoms with van der Waals surface area (Å²) in [6.45, 7) is 6.50. The fraction of sp³-hybridized carbons (Fsp3) is 0.583. The van der Waals surface area contributed by atoms with Crippen molar-refractivity contribution in [3.63, 3.8) is 0 Å². The van der Waals surface area contributed by atoms with E-state index in [9.17, 15) is 0 Å². The molecule has 16 heavy (non-hydrogen) atoms. The summed E-state index contributed by atoms with van der Waals surface area (Å²) in [5, 5.41) is 0. The average Bonchev–Trinajstić information content (AvgIpc) is 2.29. The summed E-state index contributed by atoms with van der Waals surface area (Å²) in [6, 6.07) is 4.17. The van der Waals surface area contributed by atoms with Gasteiger partial charge in [-0.05, 0) is 31.5 Å². The van der Waals surface area contributed by atoms with Crippen molar-refractivity contribution >= 4 is 5.82 Å². The fourth-order valence-corrected chi connectivity index (χ4v) is 1.89. The number of hydrogen-bond donors (Lipinski definition) is 1. The van der Waals surface area contributed by atoms with Gasteiger partial charge in [0.05, 0.1) is 12.7 Å². The van der Waals surface area contributed by atoms with Crippen molar-refractivity contribution in [1.29, 1.82) is 0 Å². The number of aromatic nitrogens is 1. The monoisotopic (exact) mass is 221 g/mol. The van der Waals surface area contributed by atoms with Gasteiger partial charge in [0.25, 0.3) is 0 Å². The molecular formula is C12H19N3O. The topological polar surface area (TPSA) is 51.4 Å². The third kappa shape index (κ3) is 2.51. The van der Waals surface area contributed by atoms with Gasteiger partial charge in [-0.1, -0.05) is 0 Å². The summed E-state index contributed by atoms with van der Waals surface area (Å²) < 4.78 is 5.63. The summed E-state index contributed by atoms with van der Waals surface area (Å²) >= 11 is 0. The van der Waals surface area contributed by atoms with Crippen molar-refractivity contribution in [1.82, 2.24) is 4.98 Å². The Morgan fingerprint density at radius 2 is 2.44 bits per heavy atom. The van der Waals surface area contributed by atoms with Crippen LogP contribution in [0.2, 0.25) is 0 Å². The smallest absolute Gasteiger partial charge is 0.128 e. The van der Waals surface area contributed by atoms with Gasteiger partial charge in [0, 0.05) is 25.3 Å². The Bertz CT molecular complexity index is 354. The quantitative estimate of drug-likeness (QED) is 0.807. The highest BCUT2D eigenvalue weighted by Gasteiger charge is 2.24. The molecule has 1 fully saturated rings. The van der Waals surface area contributed by atoms with Crippen LogP contribution >= 0.6 is 0 Å². The first-order valence-electron chi connectivity index (χ1n) is 5.71. The van der Waals surface area contributed by atoms with E-state index < -0.39 is 0 Å². The Hall–Kier alpha value is -1.13. The first-order chi connectivity index (χ1) is 7.66. The second kappa shape index (κ2) is 4.80. The lowest BCUT2D eigenvalue weighted by Gasteiger charge is -2.35. The number of nitrogens with zero attached hydrogens (tertiary/aromatic N) is 2. The minimum Gasteiger partial charge on any atom is -0.373 e. The summed E-state index contributed by atoms with van der Waals surface area (Å²) in [5.74, 6) is 1.02. The Kier molecular flexibility index (Phi) is 3.41. The highest BCUT2D eigenvalue weighted by Crippen LogP contribution is 2.16. The van der Waals surface area contributed by atoms with Crippen LogP contribution in [0.25, 0.3) is 0 Å². The van der Waals surface area contributed by atoms with Crippen LogP contribution < -0.4 is 10.6 Å². The highest BCUT2D eigenvalue weighted by molar-refractivity contribution is 5.41. The maximum absolute atomic E-state index is 5.87. The molecule has 0 spiro atoms. The van der Waals surface area contributed by atoms with Gasteiger partial charge in [0.15, 0.2) is 0 Å². The Labute approximate surface area is 96.4 Å². The number of ether oxygens (including phenoxy) is 1. The minimum atomic E-state index is 0.0626. The number of nitrogens with two attached hydrogens (primary N) is 1. The average molecular weight is 221 g/mol. The van der Waals surface area contributed by atoms with E-state index in [4.69, 9.17) is 10.5 Å². The van der Waals surface area contributed by atoms with Crippen LogP contribution in [0.1, 0.15) is 12.5 Å². The number of hydrogen-bond acceptors (Lipinski definition) is 4. The number of anilines is 1.